The Morgan fingerprint density at radius 2 is 1.80 bits per heavy atom. The van der Waals surface area contributed by atoms with Gasteiger partial charge in [-0.1, -0.05) is 5.21 Å². The lowest BCUT2D eigenvalue weighted by molar-refractivity contribution is -0.144. The van der Waals surface area contributed by atoms with Gasteiger partial charge in [-0.2, -0.15) is 0 Å². The van der Waals surface area contributed by atoms with Crippen molar-refractivity contribution in [3.63, 3.8) is 0 Å². The minimum Gasteiger partial charge on any atom is -0.465 e. The third-order valence-electron chi connectivity index (χ3n) is 2.40. The van der Waals surface area contributed by atoms with Crippen molar-refractivity contribution >= 4 is 19.0 Å². The number of esters is 1. The third-order valence-corrected chi connectivity index (χ3v) is 4.53. The molecule has 0 N–H and O–H groups in total. The normalized spacial score (nSPS) is 11.6. The number of nitrogens with zero attached hydrogens (tertiary/aromatic N) is 3. The molecule has 0 saturated carbocycles. The minimum atomic E-state index is -3.49. The molecular weight excluding hydrogens is 285 g/mol. The zero-order valence-corrected chi connectivity index (χ0v) is 13.1. The van der Waals surface area contributed by atoms with E-state index in [1.807, 2.05) is 0 Å². The predicted molar refractivity (Wildman–Crippen MR) is 71.9 cm³/mol. The molecule has 1 aromatic heterocycles. The van der Waals surface area contributed by atoms with Crippen molar-refractivity contribution in [3.8, 4) is 0 Å². The lowest BCUT2D eigenvalue weighted by Crippen LogP contribution is -2.18. The van der Waals surface area contributed by atoms with E-state index in [9.17, 15) is 9.36 Å². The van der Waals surface area contributed by atoms with Gasteiger partial charge in [-0.3, -0.25) is 9.36 Å². The highest BCUT2D eigenvalue weighted by molar-refractivity contribution is 7.62. The van der Waals surface area contributed by atoms with Crippen LogP contribution in [-0.2, 0) is 29.7 Å². The van der Waals surface area contributed by atoms with Crippen molar-refractivity contribution < 1.29 is 23.1 Å². The van der Waals surface area contributed by atoms with Gasteiger partial charge in [-0.15, -0.1) is 5.10 Å². The van der Waals surface area contributed by atoms with E-state index in [1.54, 1.807) is 27.7 Å². The van der Waals surface area contributed by atoms with Gasteiger partial charge in [-0.25, -0.2) is 4.68 Å². The summed E-state index contributed by atoms with van der Waals surface area (Å²) < 4.78 is 29.1. The van der Waals surface area contributed by atoms with Crippen LogP contribution >= 0.6 is 7.60 Å². The van der Waals surface area contributed by atoms with Gasteiger partial charge in [0, 0.05) is 0 Å². The number of ether oxygens (including phenoxy) is 1. The summed E-state index contributed by atoms with van der Waals surface area (Å²) in [6.07, 6.45) is 0. The monoisotopic (exact) mass is 305 g/mol. The van der Waals surface area contributed by atoms with Gasteiger partial charge in [0.15, 0.2) is 5.44 Å². The Labute approximate surface area is 117 Å². The maximum Gasteiger partial charge on any atom is 0.383 e. The summed E-state index contributed by atoms with van der Waals surface area (Å²) in [6, 6.07) is 0. The molecule has 0 aliphatic carbocycles. The first-order chi connectivity index (χ1) is 9.48. The molecular formula is C11H20N3O5P. The first-order valence-corrected chi connectivity index (χ1v) is 7.98. The van der Waals surface area contributed by atoms with Crippen LogP contribution in [0.5, 0.6) is 0 Å². The fourth-order valence-electron chi connectivity index (χ4n) is 1.58. The average molecular weight is 305 g/mol. The molecule has 0 saturated heterocycles. The highest BCUT2D eigenvalue weighted by atomic mass is 31.2. The lowest BCUT2D eigenvalue weighted by Gasteiger charge is -2.15. The summed E-state index contributed by atoms with van der Waals surface area (Å²) in [5, 5.41) is 7.63. The van der Waals surface area contributed by atoms with E-state index in [4.69, 9.17) is 13.8 Å². The Balaban J connectivity index is 3.00. The molecule has 0 unspecified atom stereocenters. The maximum atomic E-state index is 12.6. The molecule has 0 atom stereocenters. The van der Waals surface area contributed by atoms with Crippen molar-refractivity contribution in [2.75, 3.05) is 19.8 Å². The Bertz CT molecular complexity index is 492. The van der Waals surface area contributed by atoms with Gasteiger partial charge < -0.3 is 13.8 Å². The summed E-state index contributed by atoms with van der Waals surface area (Å²) >= 11 is 0. The molecule has 8 nitrogen and oxygen atoms in total. The van der Waals surface area contributed by atoms with E-state index in [1.165, 1.54) is 4.68 Å². The number of rotatable bonds is 8. The largest absolute Gasteiger partial charge is 0.465 e. The molecule has 9 heteroatoms. The van der Waals surface area contributed by atoms with Crippen molar-refractivity contribution in [3.05, 3.63) is 5.69 Å². The highest BCUT2D eigenvalue weighted by Gasteiger charge is 2.33. The first-order valence-electron chi connectivity index (χ1n) is 6.43. The van der Waals surface area contributed by atoms with Crippen LogP contribution in [0.1, 0.15) is 26.5 Å². The maximum absolute atomic E-state index is 12.6. The van der Waals surface area contributed by atoms with E-state index in [0.717, 1.165) is 0 Å². The van der Waals surface area contributed by atoms with Gasteiger partial charge >= 0.3 is 13.6 Å². The number of aromatic nitrogens is 3. The molecule has 0 aliphatic rings. The third kappa shape index (κ3) is 3.88. The fraction of sp³-hybridized carbons (Fsp3) is 0.727. The van der Waals surface area contributed by atoms with Crippen LogP contribution in [0, 0.1) is 6.92 Å². The van der Waals surface area contributed by atoms with Crippen molar-refractivity contribution in [1.29, 1.82) is 0 Å². The summed E-state index contributed by atoms with van der Waals surface area (Å²) in [5.41, 5.74) is 0.591. The molecule has 0 aromatic carbocycles. The van der Waals surface area contributed by atoms with E-state index >= 15 is 0 Å². The van der Waals surface area contributed by atoms with Crippen LogP contribution in [0.3, 0.4) is 0 Å². The van der Waals surface area contributed by atoms with Gasteiger partial charge in [-0.05, 0) is 27.7 Å². The summed E-state index contributed by atoms with van der Waals surface area (Å²) in [6.45, 7) is 7.44. The van der Waals surface area contributed by atoms with Crippen LogP contribution in [0.2, 0.25) is 0 Å². The molecule has 0 spiro atoms. The second kappa shape index (κ2) is 7.52. The van der Waals surface area contributed by atoms with Crippen LogP contribution in [0.15, 0.2) is 0 Å². The molecule has 20 heavy (non-hydrogen) atoms. The number of carbonyl (C=O) groups is 1. The molecule has 1 heterocycles. The summed E-state index contributed by atoms with van der Waals surface area (Å²) in [4.78, 5) is 11.4. The molecule has 0 fully saturated rings. The Kier molecular flexibility index (Phi) is 6.32. The van der Waals surface area contributed by atoms with Gasteiger partial charge in [0.25, 0.3) is 0 Å². The van der Waals surface area contributed by atoms with Crippen LogP contribution in [-0.4, -0.2) is 40.8 Å². The topological polar surface area (TPSA) is 92.5 Å². The smallest absolute Gasteiger partial charge is 0.383 e. The minimum absolute atomic E-state index is 0.0923. The summed E-state index contributed by atoms with van der Waals surface area (Å²) in [7, 11) is -3.49. The number of carbonyl (C=O) groups excluding carboxylic acids is 1. The second-order valence-corrected chi connectivity index (χ2v) is 5.73. The SMILES string of the molecule is CCOC(=O)Cn1nnc(P(=O)(OCC)OCC)c1C. The van der Waals surface area contributed by atoms with E-state index in [2.05, 4.69) is 10.3 Å². The van der Waals surface area contributed by atoms with E-state index in [-0.39, 0.29) is 31.8 Å². The lowest BCUT2D eigenvalue weighted by atomic mass is 10.5. The second-order valence-electron chi connectivity index (χ2n) is 3.79. The molecule has 0 aliphatic heterocycles. The van der Waals surface area contributed by atoms with Crippen molar-refractivity contribution in [1.82, 2.24) is 15.0 Å². The zero-order chi connectivity index (χ0) is 15.2. The van der Waals surface area contributed by atoms with Crippen molar-refractivity contribution in [2.45, 2.75) is 34.2 Å². The van der Waals surface area contributed by atoms with Gasteiger partial charge in [0.05, 0.1) is 25.5 Å². The molecule has 0 amide bonds. The molecule has 114 valence electrons. The number of hydrogen-bond acceptors (Lipinski definition) is 7. The van der Waals surface area contributed by atoms with Gasteiger partial charge in [0.1, 0.15) is 6.54 Å². The Morgan fingerprint density at radius 3 is 2.30 bits per heavy atom. The highest BCUT2D eigenvalue weighted by Crippen LogP contribution is 2.46. The van der Waals surface area contributed by atoms with Crippen LogP contribution in [0.25, 0.3) is 0 Å². The van der Waals surface area contributed by atoms with Crippen LogP contribution < -0.4 is 5.44 Å². The molecule has 0 bridgehead atoms. The number of hydrogen-bond donors (Lipinski definition) is 0. The van der Waals surface area contributed by atoms with Gasteiger partial charge in [0.2, 0.25) is 0 Å². The van der Waals surface area contributed by atoms with E-state index < -0.39 is 13.6 Å². The first kappa shape index (κ1) is 16.8. The fourth-order valence-corrected chi connectivity index (χ4v) is 3.24. The average Bonchev–Trinajstić information content (AvgIpc) is 2.72. The molecule has 1 aromatic rings. The van der Waals surface area contributed by atoms with Crippen LogP contribution in [0.4, 0.5) is 0 Å². The molecule has 1 rings (SSSR count). The Morgan fingerprint density at radius 1 is 1.20 bits per heavy atom. The molecule has 0 radical (unpaired) electrons. The standard InChI is InChI=1S/C11H20N3O5P/c1-5-17-10(15)8-14-9(4)11(12-13-14)20(16,18-6-2)19-7-3/h5-8H2,1-4H3. The zero-order valence-electron chi connectivity index (χ0n) is 12.2. The quantitative estimate of drug-likeness (QED) is 0.523. The summed E-state index contributed by atoms with van der Waals surface area (Å²) in [5.74, 6) is -0.435. The van der Waals surface area contributed by atoms with Crippen molar-refractivity contribution in [2.24, 2.45) is 0 Å². The Hall–Kier alpha value is -1.24. The predicted octanol–water partition coefficient (Wildman–Crippen LogP) is 1.04. The van der Waals surface area contributed by atoms with E-state index in [0.29, 0.717) is 5.69 Å².